The number of halogens is 1. The van der Waals surface area contributed by atoms with Crippen LogP contribution in [0.15, 0.2) is 48.5 Å². The van der Waals surface area contributed by atoms with Crippen LogP contribution >= 0.6 is 30.1 Å². The fraction of sp³-hybridized carbons (Fsp3) is 0. The van der Waals surface area contributed by atoms with Crippen LogP contribution in [-0.2, 0) is 0 Å². The molecule has 84 valence electrons. The summed E-state index contributed by atoms with van der Waals surface area (Å²) >= 11 is 2.16. The number of nitrogen functional groups attached to an aromatic ring is 1. The van der Waals surface area contributed by atoms with Gasteiger partial charge >= 0.3 is 0 Å². The van der Waals surface area contributed by atoms with Crippen LogP contribution in [0, 0.1) is 11.2 Å². The molecular weight excluding hydrogens is 341 g/mol. The molecule has 0 radical (unpaired) electrons. The topological polar surface area (TPSA) is 26.0 Å². The standard InChI is InChI=1S/C14H10INS/c15-17-10-9-11-1-3-12(4-2-11)13-5-7-14(16)8-6-13/h1-8H,16H2. The first-order chi connectivity index (χ1) is 8.29. The van der Waals surface area contributed by atoms with Gasteiger partial charge in [-0.05, 0) is 49.6 Å². The van der Waals surface area contributed by atoms with Crippen molar-refractivity contribution < 1.29 is 0 Å². The van der Waals surface area contributed by atoms with Gasteiger partial charge in [-0.25, -0.2) is 0 Å². The Bertz CT molecular complexity index is 550. The number of anilines is 1. The maximum absolute atomic E-state index is 5.66. The van der Waals surface area contributed by atoms with Gasteiger partial charge in [0.1, 0.15) is 0 Å². The Morgan fingerprint density at radius 2 is 1.41 bits per heavy atom. The molecule has 0 aromatic heterocycles. The zero-order valence-corrected chi connectivity index (χ0v) is 12.0. The Kier molecular flexibility index (Phi) is 4.35. The van der Waals surface area contributed by atoms with E-state index in [4.69, 9.17) is 5.73 Å². The lowest BCUT2D eigenvalue weighted by atomic mass is 10.0. The predicted octanol–water partition coefficient (Wildman–Crippen LogP) is 4.33. The average molecular weight is 351 g/mol. The molecule has 17 heavy (non-hydrogen) atoms. The molecule has 0 amide bonds. The summed E-state index contributed by atoms with van der Waals surface area (Å²) in [5.74, 6) is 3.07. The largest absolute Gasteiger partial charge is 0.399 e. The number of hydrogen-bond donors (Lipinski definition) is 1. The quantitative estimate of drug-likeness (QED) is 0.470. The molecule has 3 heteroatoms. The molecule has 0 aliphatic heterocycles. The summed E-state index contributed by atoms with van der Waals surface area (Å²) in [6.07, 6.45) is 0. The Morgan fingerprint density at radius 3 is 1.94 bits per heavy atom. The highest BCUT2D eigenvalue weighted by molar-refractivity contribution is 14.2. The summed E-state index contributed by atoms with van der Waals surface area (Å²) in [7, 11) is 1.49. The van der Waals surface area contributed by atoms with Crippen LogP contribution in [0.1, 0.15) is 5.56 Å². The molecule has 2 rings (SSSR count). The van der Waals surface area contributed by atoms with Gasteiger partial charge in [0.2, 0.25) is 0 Å². The van der Waals surface area contributed by atoms with E-state index in [1.54, 1.807) is 0 Å². The Labute approximate surface area is 117 Å². The van der Waals surface area contributed by atoms with E-state index in [0.717, 1.165) is 11.3 Å². The number of benzene rings is 2. The monoisotopic (exact) mass is 351 g/mol. The molecule has 0 spiro atoms. The van der Waals surface area contributed by atoms with Crippen molar-refractivity contribution in [2.45, 2.75) is 0 Å². The van der Waals surface area contributed by atoms with Crippen LogP contribution in [0.2, 0.25) is 0 Å². The highest BCUT2D eigenvalue weighted by Gasteiger charge is 1.96. The van der Waals surface area contributed by atoms with E-state index >= 15 is 0 Å². The second-order valence-corrected chi connectivity index (χ2v) is 5.18. The van der Waals surface area contributed by atoms with Crippen molar-refractivity contribution in [1.29, 1.82) is 0 Å². The summed E-state index contributed by atoms with van der Waals surface area (Å²) in [4.78, 5) is 0. The van der Waals surface area contributed by atoms with E-state index in [1.807, 2.05) is 36.4 Å². The van der Waals surface area contributed by atoms with E-state index in [0.29, 0.717) is 0 Å². The minimum atomic E-state index is 0.787. The minimum absolute atomic E-state index is 0.787. The van der Waals surface area contributed by atoms with Crippen molar-refractivity contribution in [3.63, 3.8) is 0 Å². The summed E-state index contributed by atoms with van der Waals surface area (Å²) in [5.41, 5.74) is 9.83. The maximum Gasteiger partial charge on any atom is 0.0314 e. The second kappa shape index (κ2) is 5.99. The molecule has 2 aromatic carbocycles. The molecule has 0 fully saturated rings. The summed E-state index contributed by atoms with van der Waals surface area (Å²) in [6, 6.07) is 16.1. The van der Waals surface area contributed by atoms with Gasteiger partial charge in [0.15, 0.2) is 0 Å². The lowest BCUT2D eigenvalue weighted by molar-refractivity contribution is 1.59. The molecule has 0 saturated heterocycles. The number of hydrogen-bond acceptors (Lipinski definition) is 2. The summed E-state index contributed by atoms with van der Waals surface area (Å²) in [5, 5.41) is 2.97. The van der Waals surface area contributed by atoms with Crippen LogP contribution in [0.4, 0.5) is 5.69 Å². The van der Waals surface area contributed by atoms with E-state index in [-0.39, 0.29) is 0 Å². The van der Waals surface area contributed by atoms with Crippen molar-refractivity contribution in [3.05, 3.63) is 54.1 Å². The molecule has 0 heterocycles. The second-order valence-electron chi connectivity index (χ2n) is 3.50. The first-order valence-corrected chi connectivity index (χ1v) is 8.40. The molecule has 0 saturated carbocycles. The molecule has 1 nitrogen and oxygen atoms in total. The third kappa shape index (κ3) is 3.42. The molecule has 0 atom stereocenters. The predicted molar refractivity (Wildman–Crippen MR) is 84.8 cm³/mol. The van der Waals surface area contributed by atoms with Gasteiger partial charge < -0.3 is 5.73 Å². The van der Waals surface area contributed by atoms with Crippen molar-refractivity contribution in [3.8, 4) is 22.3 Å². The van der Waals surface area contributed by atoms with Crippen molar-refractivity contribution in [2.24, 2.45) is 0 Å². The van der Waals surface area contributed by atoms with E-state index in [9.17, 15) is 0 Å². The lowest BCUT2D eigenvalue weighted by Crippen LogP contribution is -1.84. The molecular formula is C14H10INS. The van der Waals surface area contributed by atoms with Gasteiger partial charge in [0.05, 0.1) is 0 Å². The van der Waals surface area contributed by atoms with E-state index in [2.05, 4.69) is 44.5 Å². The Balaban J connectivity index is 2.26. The van der Waals surface area contributed by atoms with Crippen molar-refractivity contribution in [1.82, 2.24) is 0 Å². The maximum atomic E-state index is 5.66. The van der Waals surface area contributed by atoms with Crippen LogP contribution in [-0.4, -0.2) is 0 Å². The Hall–Kier alpha value is -1.12. The molecule has 0 aliphatic carbocycles. The van der Waals surface area contributed by atoms with Gasteiger partial charge in [0, 0.05) is 32.5 Å². The zero-order chi connectivity index (χ0) is 12.1. The zero-order valence-electron chi connectivity index (χ0n) is 8.98. The van der Waals surface area contributed by atoms with Gasteiger partial charge in [-0.1, -0.05) is 30.2 Å². The van der Waals surface area contributed by atoms with Crippen molar-refractivity contribution >= 4 is 35.8 Å². The summed E-state index contributed by atoms with van der Waals surface area (Å²) in [6.45, 7) is 0. The average Bonchev–Trinajstić information content (AvgIpc) is 2.38. The van der Waals surface area contributed by atoms with E-state index in [1.165, 1.54) is 20.1 Å². The third-order valence-corrected chi connectivity index (χ3v) is 3.20. The van der Waals surface area contributed by atoms with Gasteiger partial charge in [-0.3, -0.25) is 0 Å². The fourth-order valence-electron chi connectivity index (χ4n) is 1.50. The molecule has 2 aromatic rings. The van der Waals surface area contributed by atoms with Crippen LogP contribution in [0.5, 0.6) is 0 Å². The smallest absolute Gasteiger partial charge is 0.0314 e. The van der Waals surface area contributed by atoms with Gasteiger partial charge in [-0.2, -0.15) is 0 Å². The summed E-state index contributed by atoms with van der Waals surface area (Å²) < 4.78 is 0. The SMILES string of the molecule is Nc1ccc(-c2ccc(C#CSI)cc2)cc1. The van der Waals surface area contributed by atoms with Crippen LogP contribution in [0.3, 0.4) is 0 Å². The first-order valence-electron chi connectivity index (χ1n) is 5.04. The highest BCUT2D eigenvalue weighted by Crippen LogP contribution is 2.20. The number of nitrogens with two attached hydrogens (primary N) is 1. The van der Waals surface area contributed by atoms with Crippen LogP contribution < -0.4 is 5.73 Å². The third-order valence-electron chi connectivity index (χ3n) is 2.36. The molecule has 0 unspecified atom stereocenters. The molecule has 0 bridgehead atoms. The fourth-order valence-corrected chi connectivity index (χ4v) is 1.99. The van der Waals surface area contributed by atoms with E-state index < -0.39 is 0 Å². The molecule has 0 aliphatic rings. The normalized spacial score (nSPS) is 9.47. The minimum Gasteiger partial charge on any atom is -0.399 e. The lowest BCUT2D eigenvalue weighted by Gasteiger charge is -2.02. The number of rotatable bonds is 1. The van der Waals surface area contributed by atoms with Crippen LogP contribution in [0.25, 0.3) is 11.1 Å². The molecule has 2 N–H and O–H groups in total. The first kappa shape index (κ1) is 12.3. The Morgan fingerprint density at radius 1 is 0.882 bits per heavy atom. The van der Waals surface area contributed by atoms with Crippen molar-refractivity contribution in [2.75, 3.05) is 5.73 Å². The van der Waals surface area contributed by atoms with Gasteiger partial charge in [-0.15, -0.1) is 0 Å². The highest BCUT2D eigenvalue weighted by atomic mass is 127. The van der Waals surface area contributed by atoms with Gasteiger partial charge in [0.25, 0.3) is 0 Å².